The van der Waals surface area contributed by atoms with Gasteiger partial charge in [0.05, 0.1) is 15.6 Å². The van der Waals surface area contributed by atoms with Crippen LogP contribution in [0.3, 0.4) is 0 Å². The third-order valence-electron chi connectivity index (χ3n) is 3.65. The molecule has 0 aromatic heterocycles. The second-order valence-electron chi connectivity index (χ2n) is 5.89. The summed E-state index contributed by atoms with van der Waals surface area (Å²) in [5.74, 6) is -0.338. The number of nitro groups is 1. The summed E-state index contributed by atoms with van der Waals surface area (Å²) in [6.45, 7) is 1.95. The van der Waals surface area contributed by atoms with Crippen molar-refractivity contribution >= 4 is 44.4 Å². The molecule has 8 nitrogen and oxygen atoms in total. The molecule has 27 heavy (non-hydrogen) atoms. The number of hydrogen-bond donors (Lipinski definition) is 2. The molecule has 10 heteroatoms. The summed E-state index contributed by atoms with van der Waals surface area (Å²) in [6.07, 6.45) is 0.905. The zero-order valence-corrected chi connectivity index (χ0v) is 16.2. The predicted molar refractivity (Wildman–Crippen MR) is 104 cm³/mol. The van der Waals surface area contributed by atoms with E-state index >= 15 is 0 Å². The minimum atomic E-state index is -3.77. The lowest BCUT2D eigenvalue weighted by molar-refractivity contribution is -0.386. The van der Waals surface area contributed by atoms with Gasteiger partial charge >= 0.3 is 5.69 Å². The molecule has 0 aliphatic carbocycles. The van der Waals surface area contributed by atoms with E-state index in [1.54, 1.807) is 18.2 Å². The Labute approximate surface area is 161 Å². The van der Waals surface area contributed by atoms with Gasteiger partial charge in [0.1, 0.15) is 10.6 Å². The van der Waals surface area contributed by atoms with Gasteiger partial charge in [0.25, 0.3) is 0 Å². The second-order valence-corrected chi connectivity index (χ2v) is 8.28. The van der Waals surface area contributed by atoms with Gasteiger partial charge in [-0.25, -0.2) is 8.42 Å². The Morgan fingerprint density at radius 3 is 2.52 bits per heavy atom. The second kappa shape index (κ2) is 8.36. The van der Waals surface area contributed by atoms with Gasteiger partial charge in [0, 0.05) is 19.2 Å². The molecule has 0 unspecified atom stereocenters. The summed E-state index contributed by atoms with van der Waals surface area (Å²) >= 11 is 6.06. The van der Waals surface area contributed by atoms with Crippen molar-refractivity contribution in [3.63, 3.8) is 0 Å². The number of halogens is 1. The summed E-state index contributed by atoms with van der Waals surface area (Å²) in [6, 6.07) is 9.17. The summed E-state index contributed by atoms with van der Waals surface area (Å²) in [7, 11) is -3.77. The normalized spacial score (nSPS) is 11.1. The molecule has 0 radical (unpaired) electrons. The Morgan fingerprint density at radius 2 is 1.93 bits per heavy atom. The van der Waals surface area contributed by atoms with E-state index in [-0.39, 0.29) is 29.5 Å². The maximum absolute atomic E-state index is 12.0. The average molecular weight is 412 g/mol. The highest BCUT2D eigenvalue weighted by molar-refractivity contribution is 7.90. The number of rotatable bonds is 7. The molecule has 2 rings (SSSR count). The first-order valence-corrected chi connectivity index (χ1v) is 10.1. The molecular weight excluding hydrogens is 394 g/mol. The number of carbonyl (C=O) groups excluding carboxylic acids is 1. The topological polar surface area (TPSA) is 118 Å². The van der Waals surface area contributed by atoms with Gasteiger partial charge in [0.15, 0.2) is 9.84 Å². The molecular formula is C17H18ClN3O5S. The Balaban J connectivity index is 2.07. The zero-order chi connectivity index (χ0) is 20.2. The van der Waals surface area contributed by atoms with E-state index in [1.165, 1.54) is 18.2 Å². The number of para-hydroxylation sites is 1. The molecule has 2 N–H and O–H groups in total. The van der Waals surface area contributed by atoms with E-state index in [9.17, 15) is 23.3 Å². The van der Waals surface area contributed by atoms with Crippen LogP contribution in [0.1, 0.15) is 12.0 Å². The summed E-state index contributed by atoms with van der Waals surface area (Å²) in [5, 5.41) is 17.1. The summed E-state index contributed by atoms with van der Waals surface area (Å²) < 4.78 is 23.5. The van der Waals surface area contributed by atoms with Crippen molar-refractivity contribution in [1.82, 2.24) is 0 Å². The van der Waals surface area contributed by atoms with Gasteiger partial charge in [-0.05, 0) is 36.8 Å². The number of sulfone groups is 1. The smallest absolute Gasteiger partial charge is 0.310 e. The Kier molecular flexibility index (Phi) is 6.40. The van der Waals surface area contributed by atoms with Gasteiger partial charge in [-0.15, -0.1) is 0 Å². The van der Waals surface area contributed by atoms with Crippen molar-refractivity contribution in [3.05, 3.63) is 57.1 Å². The monoisotopic (exact) mass is 411 g/mol. The Bertz CT molecular complexity index is 992. The molecule has 0 heterocycles. The van der Waals surface area contributed by atoms with E-state index in [0.29, 0.717) is 10.7 Å². The van der Waals surface area contributed by atoms with Crippen molar-refractivity contribution in [1.29, 1.82) is 0 Å². The molecule has 0 saturated carbocycles. The number of carbonyl (C=O) groups is 1. The van der Waals surface area contributed by atoms with Gasteiger partial charge in [-0.1, -0.05) is 23.7 Å². The lowest BCUT2D eigenvalue weighted by Crippen LogP contribution is -2.17. The molecule has 0 fully saturated rings. The van der Waals surface area contributed by atoms with Crippen molar-refractivity contribution < 1.29 is 18.1 Å². The fraction of sp³-hybridized carbons (Fsp3) is 0.235. The fourth-order valence-electron chi connectivity index (χ4n) is 2.40. The van der Waals surface area contributed by atoms with Crippen LogP contribution >= 0.6 is 11.6 Å². The lowest BCUT2D eigenvalue weighted by atomic mass is 10.2. The van der Waals surface area contributed by atoms with Crippen molar-refractivity contribution in [2.24, 2.45) is 0 Å². The zero-order valence-electron chi connectivity index (χ0n) is 14.7. The largest absolute Gasteiger partial charge is 0.379 e. The molecule has 0 bridgehead atoms. The average Bonchev–Trinajstić information content (AvgIpc) is 2.56. The van der Waals surface area contributed by atoms with Crippen LogP contribution in [0, 0.1) is 17.0 Å². The highest BCUT2D eigenvalue weighted by Gasteiger charge is 2.25. The summed E-state index contributed by atoms with van der Waals surface area (Å²) in [4.78, 5) is 22.2. The van der Waals surface area contributed by atoms with E-state index < -0.39 is 20.4 Å². The van der Waals surface area contributed by atoms with Crippen molar-refractivity contribution in [2.75, 3.05) is 23.4 Å². The van der Waals surface area contributed by atoms with Crippen LogP contribution in [0.5, 0.6) is 0 Å². The summed E-state index contributed by atoms with van der Waals surface area (Å²) in [5.41, 5.74) is 0.918. The molecule has 0 aliphatic rings. The van der Waals surface area contributed by atoms with Gasteiger partial charge < -0.3 is 10.6 Å². The lowest BCUT2D eigenvalue weighted by Gasteiger charge is -2.10. The van der Waals surface area contributed by atoms with Crippen molar-refractivity contribution in [2.45, 2.75) is 18.2 Å². The molecule has 0 spiro atoms. The highest BCUT2D eigenvalue weighted by Crippen LogP contribution is 2.31. The maximum Gasteiger partial charge on any atom is 0.310 e. The van der Waals surface area contributed by atoms with Gasteiger partial charge in [-0.3, -0.25) is 14.9 Å². The predicted octanol–water partition coefficient (Wildman–Crippen LogP) is 3.40. The number of nitro benzene ring substituents is 1. The number of hydrogen-bond acceptors (Lipinski definition) is 6. The third kappa shape index (κ3) is 5.41. The number of anilines is 2. The molecule has 0 saturated heterocycles. The van der Waals surface area contributed by atoms with Crippen LogP contribution in [-0.2, 0) is 14.6 Å². The SMILES string of the molecule is Cc1ccc(NC(=O)CCNc2cccc(S(C)(=O)=O)c2[N+](=O)[O-])c(Cl)c1. The number of aryl methyl sites for hydroxylation is 1. The molecule has 0 atom stereocenters. The third-order valence-corrected chi connectivity index (χ3v) is 5.09. The minimum Gasteiger partial charge on any atom is -0.379 e. The molecule has 2 aromatic carbocycles. The number of nitrogens with one attached hydrogen (secondary N) is 2. The Hall–Kier alpha value is -2.65. The van der Waals surface area contributed by atoms with Crippen LogP contribution < -0.4 is 10.6 Å². The minimum absolute atomic E-state index is 0.00443. The first kappa shape index (κ1) is 20.7. The van der Waals surface area contributed by atoms with Crippen LogP contribution in [0.2, 0.25) is 5.02 Å². The first-order chi connectivity index (χ1) is 12.6. The highest BCUT2D eigenvalue weighted by atomic mass is 35.5. The van der Waals surface area contributed by atoms with Crippen LogP contribution in [0.4, 0.5) is 17.1 Å². The molecule has 1 amide bonds. The fourth-order valence-corrected chi connectivity index (χ4v) is 3.54. The van der Waals surface area contributed by atoms with E-state index in [0.717, 1.165) is 11.8 Å². The van der Waals surface area contributed by atoms with Crippen molar-refractivity contribution in [3.8, 4) is 0 Å². The quantitative estimate of drug-likeness (QED) is 0.532. The first-order valence-electron chi connectivity index (χ1n) is 7.87. The van der Waals surface area contributed by atoms with Gasteiger partial charge in [-0.2, -0.15) is 0 Å². The maximum atomic E-state index is 12.0. The van der Waals surface area contributed by atoms with Gasteiger partial charge in [0.2, 0.25) is 5.91 Å². The van der Waals surface area contributed by atoms with Crippen LogP contribution in [-0.4, -0.2) is 32.0 Å². The van der Waals surface area contributed by atoms with E-state index in [2.05, 4.69) is 10.6 Å². The number of amides is 1. The van der Waals surface area contributed by atoms with E-state index in [4.69, 9.17) is 11.6 Å². The Morgan fingerprint density at radius 1 is 1.22 bits per heavy atom. The molecule has 2 aromatic rings. The van der Waals surface area contributed by atoms with Crippen LogP contribution in [0.25, 0.3) is 0 Å². The van der Waals surface area contributed by atoms with Crippen LogP contribution in [0.15, 0.2) is 41.3 Å². The number of nitrogens with zero attached hydrogens (tertiary/aromatic N) is 1. The standard InChI is InChI=1S/C17H18ClN3O5S/c1-11-6-7-13(12(18)10-11)20-16(22)8-9-19-14-4-3-5-15(27(2,25)26)17(14)21(23)24/h3-7,10,19H,8-9H2,1-2H3,(H,20,22). The van der Waals surface area contributed by atoms with E-state index in [1.807, 2.05) is 6.92 Å². The number of benzene rings is 2. The molecule has 0 aliphatic heterocycles. The molecule has 144 valence electrons.